The Morgan fingerprint density at radius 2 is 2.41 bits per heavy atom. The zero-order chi connectivity index (χ0) is 12.8. The fourth-order valence-corrected chi connectivity index (χ4v) is 1.80. The number of nitrogens with zero attached hydrogens (tertiary/aromatic N) is 2. The highest BCUT2D eigenvalue weighted by atomic mass is 16.4. The molecular weight excluding hydrogens is 224 g/mol. The Hall–Kier alpha value is -1.79. The molecule has 0 saturated carbocycles. The van der Waals surface area contributed by atoms with Crippen molar-refractivity contribution in [3.05, 3.63) is 0 Å². The number of amides is 2. The van der Waals surface area contributed by atoms with Crippen LogP contribution in [0.25, 0.3) is 0 Å². The first-order chi connectivity index (χ1) is 8.10. The van der Waals surface area contributed by atoms with E-state index in [1.165, 1.54) is 4.90 Å². The summed E-state index contributed by atoms with van der Waals surface area (Å²) in [5.41, 5.74) is 5.50. The predicted octanol–water partition coefficient (Wildman–Crippen LogP) is -0.892. The van der Waals surface area contributed by atoms with Crippen molar-refractivity contribution in [3.63, 3.8) is 0 Å². The first-order valence-electron chi connectivity index (χ1n) is 5.63. The van der Waals surface area contributed by atoms with Crippen LogP contribution in [-0.2, 0) is 9.59 Å². The van der Waals surface area contributed by atoms with Crippen LogP contribution in [0.15, 0.2) is 5.16 Å². The van der Waals surface area contributed by atoms with Gasteiger partial charge in [0.25, 0.3) is 0 Å². The highest BCUT2D eigenvalue weighted by Gasteiger charge is 2.30. The van der Waals surface area contributed by atoms with Gasteiger partial charge in [0.15, 0.2) is 5.84 Å². The van der Waals surface area contributed by atoms with Crippen LogP contribution in [0.5, 0.6) is 0 Å². The number of hydrogen-bond acceptors (Lipinski definition) is 4. The summed E-state index contributed by atoms with van der Waals surface area (Å²) in [5.74, 6) is -1.17. The Bertz CT molecular complexity index is 330. The molecule has 1 aliphatic rings. The van der Waals surface area contributed by atoms with Gasteiger partial charge in [-0.1, -0.05) is 18.5 Å². The minimum absolute atomic E-state index is 0.0394. The van der Waals surface area contributed by atoms with Crippen molar-refractivity contribution in [3.8, 4) is 0 Å². The molecule has 1 saturated heterocycles. The number of nitrogens with one attached hydrogen (secondary N) is 1. The maximum atomic E-state index is 12.1. The molecule has 1 atom stereocenters. The first-order valence-corrected chi connectivity index (χ1v) is 5.63. The Labute approximate surface area is 99.6 Å². The van der Waals surface area contributed by atoms with E-state index in [0.29, 0.717) is 19.5 Å². The van der Waals surface area contributed by atoms with Crippen LogP contribution >= 0.6 is 0 Å². The molecule has 2 amide bonds. The second-order valence-electron chi connectivity index (χ2n) is 3.98. The van der Waals surface area contributed by atoms with E-state index in [1.807, 2.05) is 6.92 Å². The van der Waals surface area contributed by atoms with Gasteiger partial charge in [-0.3, -0.25) is 9.59 Å². The van der Waals surface area contributed by atoms with Crippen LogP contribution in [-0.4, -0.2) is 47.4 Å². The summed E-state index contributed by atoms with van der Waals surface area (Å²) in [4.78, 5) is 24.7. The smallest absolute Gasteiger partial charge is 0.239 e. The molecule has 1 fully saturated rings. The lowest BCUT2D eigenvalue weighted by Crippen LogP contribution is -2.53. The van der Waals surface area contributed by atoms with Crippen molar-refractivity contribution in [2.45, 2.75) is 19.8 Å². The standard InChI is InChI=1S/C10H18N4O3/c1-2-3-7(9(11)13-17)10(16)14-5-4-12-8(15)6-14/h7,17H,2-6H2,1H3,(H2,11,13)(H,12,15). The monoisotopic (exact) mass is 242 g/mol. The van der Waals surface area contributed by atoms with Gasteiger partial charge in [-0.15, -0.1) is 0 Å². The molecule has 96 valence electrons. The maximum absolute atomic E-state index is 12.1. The average molecular weight is 242 g/mol. The Kier molecular flexibility index (Phi) is 4.74. The molecule has 0 aromatic heterocycles. The van der Waals surface area contributed by atoms with E-state index in [1.54, 1.807) is 0 Å². The molecule has 0 spiro atoms. The molecule has 0 aromatic carbocycles. The van der Waals surface area contributed by atoms with Crippen LogP contribution in [0.2, 0.25) is 0 Å². The van der Waals surface area contributed by atoms with Gasteiger partial charge in [0.2, 0.25) is 11.8 Å². The lowest BCUT2D eigenvalue weighted by molar-refractivity contribution is -0.140. The predicted molar refractivity (Wildman–Crippen MR) is 61.4 cm³/mol. The number of hydrogen-bond donors (Lipinski definition) is 3. The number of oxime groups is 1. The molecule has 0 aromatic rings. The Morgan fingerprint density at radius 1 is 1.71 bits per heavy atom. The van der Waals surface area contributed by atoms with Gasteiger partial charge >= 0.3 is 0 Å². The Balaban J connectivity index is 2.73. The topological polar surface area (TPSA) is 108 Å². The SMILES string of the molecule is CCCC(C(=O)N1CCNC(=O)C1)/C(N)=N/O. The van der Waals surface area contributed by atoms with Crippen molar-refractivity contribution in [1.82, 2.24) is 10.2 Å². The summed E-state index contributed by atoms with van der Waals surface area (Å²) in [6.07, 6.45) is 1.25. The van der Waals surface area contributed by atoms with Crippen LogP contribution in [0.4, 0.5) is 0 Å². The average Bonchev–Trinajstić information content (AvgIpc) is 2.34. The van der Waals surface area contributed by atoms with Gasteiger partial charge in [-0.05, 0) is 6.42 Å². The minimum Gasteiger partial charge on any atom is -0.409 e. The molecular formula is C10H18N4O3. The fraction of sp³-hybridized carbons (Fsp3) is 0.700. The van der Waals surface area contributed by atoms with E-state index in [-0.39, 0.29) is 24.2 Å². The lowest BCUT2D eigenvalue weighted by atomic mass is 10.0. The summed E-state index contributed by atoms with van der Waals surface area (Å²) < 4.78 is 0. The molecule has 0 bridgehead atoms. The number of carbonyl (C=O) groups is 2. The first kappa shape index (κ1) is 13.3. The number of rotatable bonds is 4. The number of amidine groups is 1. The van der Waals surface area contributed by atoms with E-state index < -0.39 is 5.92 Å². The van der Waals surface area contributed by atoms with Crippen molar-refractivity contribution >= 4 is 17.6 Å². The van der Waals surface area contributed by atoms with E-state index in [4.69, 9.17) is 10.9 Å². The van der Waals surface area contributed by atoms with Gasteiger partial charge in [0, 0.05) is 13.1 Å². The maximum Gasteiger partial charge on any atom is 0.239 e. The third-order valence-electron chi connectivity index (χ3n) is 2.70. The quantitative estimate of drug-likeness (QED) is 0.257. The van der Waals surface area contributed by atoms with Crippen molar-refractivity contribution < 1.29 is 14.8 Å². The highest BCUT2D eigenvalue weighted by molar-refractivity contribution is 6.03. The van der Waals surface area contributed by atoms with Crippen LogP contribution < -0.4 is 11.1 Å². The molecule has 1 unspecified atom stereocenters. The van der Waals surface area contributed by atoms with E-state index in [0.717, 1.165) is 6.42 Å². The third kappa shape index (κ3) is 3.33. The molecule has 1 heterocycles. The fourth-order valence-electron chi connectivity index (χ4n) is 1.80. The van der Waals surface area contributed by atoms with Crippen LogP contribution in [0.3, 0.4) is 0 Å². The summed E-state index contributed by atoms with van der Waals surface area (Å²) in [6, 6.07) is 0. The summed E-state index contributed by atoms with van der Waals surface area (Å²) in [7, 11) is 0. The van der Waals surface area contributed by atoms with Gasteiger partial charge in [0.05, 0.1) is 12.5 Å². The molecule has 1 aliphatic heterocycles. The van der Waals surface area contributed by atoms with Gasteiger partial charge < -0.3 is 21.2 Å². The summed E-state index contributed by atoms with van der Waals surface area (Å²) >= 11 is 0. The zero-order valence-electron chi connectivity index (χ0n) is 9.85. The van der Waals surface area contributed by atoms with Gasteiger partial charge in [-0.25, -0.2) is 0 Å². The Morgan fingerprint density at radius 3 is 2.94 bits per heavy atom. The number of piperazine rings is 1. The number of carbonyl (C=O) groups excluding carboxylic acids is 2. The van der Waals surface area contributed by atoms with Crippen molar-refractivity contribution in [2.24, 2.45) is 16.8 Å². The lowest BCUT2D eigenvalue weighted by Gasteiger charge is -2.29. The van der Waals surface area contributed by atoms with Crippen molar-refractivity contribution in [1.29, 1.82) is 0 Å². The van der Waals surface area contributed by atoms with E-state index >= 15 is 0 Å². The molecule has 17 heavy (non-hydrogen) atoms. The molecule has 1 rings (SSSR count). The van der Waals surface area contributed by atoms with Crippen molar-refractivity contribution in [2.75, 3.05) is 19.6 Å². The molecule has 7 nitrogen and oxygen atoms in total. The largest absolute Gasteiger partial charge is 0.409 e. The minimum atomic E-state index is -0.643. The second-order valence-corrected chi connectivity index (χ2v) is 3.98. The highest BCUT2D eigenvalue weighted by Crippen LogP contribution is 2.12. The third-order valence-corrected chi connectivity index (χ3v) is 2.70. The summed E-state index contributed by atoms with van der Waals surface area (Å²) in [6.45, 7) is 2.86. The normalized spacial score (nSPS) is 18.8. The van der Waals surface area contributed by atoms with Gasteiger partial charge in [0.1, 0.15) is 0 Å². The van der Waals surface area contributed by atoms with E-state index in [2.05, 4.69) is 10.5 Å². The second kappa shape index (κ2) is 6.07. The van der Waals surface area contributed by atoms with Gasteiger partial charge in [-0.2, -0.15) is 0 Å². The number of nitrogens with two attached hydrogens (primary N) is 1. The van der Waals surface area contributed by atoms with Crippen LogP contribution in [0.1, 0.15) is 19.8 Å². The van der Waals surface area contributed by atoms with E-state index in [9.17, 15) is 9.59 Å². The molecule has 0 aliphatic carbocycles. The summed E-state index contributed by atoms with van der Waals surface area (Å²) in [5, 5.41) is 14.2. The van der Waals surface area contributed by atoms with Crippen LogP contribution in [0, 0.1) is 5.92 Å². The molecule has 0 radical (unpaired) electrons. The molecule has 7 heteroatoms. The molecule has 4 N–H and O–H groups in total. The zero-order valence-corrected chi connectivity index (χ0v) is 9.85.